The lowest BCUT2D eigenvalue weighted by molar-refractivity contribution is -0.140. The number of hydrogen-bond donors (Lipinski definition) is 2. The van der Waals surface area contributed by atoms with Crippen LogP contribution in [0.3, 0.4) is 0 Å². The smallest absolute Gasteiger partial charge is 0.322 e. The zero-order valence-electron chi connectivity index (χ0n) is 11.2. The summed E-state index contributed by atoms with van der Waals surface area (Å²) >= 11 is 0. The zero-order valence-corrected chi connectivity index (χ0v) is 11.2. The number of carboxylic acid groups (broad SMARTS) is 1. The molecule has 4 nitrogen and oxygen atoms in total. The van der Waals surface area contributed by atoms with Crippen molar-refractivity contribution in [2.45, 2.75) is 46.7 Å². The van der Waals surface area contributed by atoms with Gasteiger partial charge >= 0.3 is 5.97 Å². The summed E-state index contributed by atoms with van der Waals surface area (Å²) in [5.41, 5.74) is 0. The molecule has 0 aromatic heterocycles. The summed E-state index contributed by atoms with van der Waals surface area (Å²) in [6.45, 7) is 12.6. The molecule has 0 saturated carbocycles. The van der Waals surface area contributed by atoms with Gasteiger partial charge in [0.25, 0.3) is 0 Å². The second kappa shape index (κ2) is 7.63. The van der Waals surface area contributed by atoms with Crippen LogP contribution in [-0.4, -0.2) is 47.7 Å². The van der Waals surface area contributed by atoms with E-state index in [0.717, 1.165) is 6.54 Å². The molecular formula is C12H26N2O2. The fourth-order valence-corrected chi connectivity index (χ4v) is 1.68. The lowest BCUT2D eigenvalue weighted by Crippen LogP contribution is -2.49. The number of nitrogens with one attached hydrogen (secondary N) is 1. The van der Waals surface area contributed by atoms with Crippen LogP contribution >= 0.6 is 0 Å². The van der Waals surface area contributed by atoms with E-state index in [9.17, 15) is 4.79 Å². The van der Waals surface area contributed by atoms with Crippen molar-refractivity contribution in [1.82, 2.24) is 10.2 Å². The van der Waals surface area contributed by atoms with E-state index in [1.54, 1.807) is 0 Å². The van der Waals surface area contributed by atoms with E-state index in [4.69, 9.17) is 5.11 Å². The first kappa shape index (κ1) is 15.4. The van der Waals surface area contributed by atoms with Crippen LogP contribution in [0.25, 0.3) is 0 Å². The molecule has 1 unspecified atom stereocenters. The Morgan fingerprint density at radius 3 is 2.12 bits per heavy atom. The molecule has 0 fully saturated rings. The van der Waals surface area contributed by atoms with Crippen molar-refractivity contribution in [3.63, 3.8) is 0 Å². The second-order valence-corrected chi connectivity index (χ2v) is 4.89. The number of rotatable bonds is 8. The van der Waals surface area contributed by atoms with Gasteiger partial charge in [0.15, 0.2) is 0 Å². The molecule has 1 atom stereocenters. The van der Waals surface area contributed by atoms with E-state index in [1.165, 1.54) is 0 Å². The molecule has 0 aromatic rings. The van der Waals surface area contributed by atoms with Gasteiger partial charge in [0, 0.05) is 19.1 Å². The minimum absolute atomic E-state index is 0.378. The maximum absolute atomic E-state index is 11.0. The average Bonchev–Trinajstić information content (AvgIpc) is 2.14. The van der Waals surface area contributed by atoms with Crippen LogP contribution in [0.15, 0.2) is 0 Å². The van der Waals surface area contributed by atoms with E-state index >= 15 is 0 Å². The van der Waals surface area contributed by atoms with Crippen molar-refractivity contribution in [3.8, 4) is 0 Å². The van der Waals surface area contributed by atoms with Gasteiger partial charge in [-0.2, -0.15) is 0 Å². The van der Waals surface area contributed by atoms with Gasteiger partial charge in [-0.05, 0) is 26.3 Å². The third-order valence-electron chi connectivity index (χ3n) is 2.50. The number of carboxylic acids is 1. The third-order valence-corrected chi connectivity index (χ3v) is 2.50. The summed E-state index contributed by atoms with van der Waals surface area (Å²) in [5, 5.41) is 12.1. The highest BCUT2D eigenvalue weighted by Gasteiger charge is 2.21. The molecule has 0 aliphatic heterocycles. The molecule has 0 radical (unpaired) electrons. The van der Waals surface area contributed by atoms with Crippen LogP contribution in [-0.2, 0) is 4.79 Å². The molecule has 0 saturated heterocycles. The summed E-state index contributed by atoms with van der Waals surface area (Å²) < 4.78 is 0. The van der Waals surface area contributed by atoms with Crippen molar-refractivity contribution in [3.05, 3.63) is 0 Å². The summed E-state index contributed by atoms with van der Waals surface area (Å²) in [7, 11) is 0. The van der Waals surface area contributed by atoms with Gasteiger partial charge in [-0.15, -0.1) is 0 Å². The molecule has 0 amide bonds. The van der Waals surface area contributed by atoms with Crippen molar-refractivity contribution in [2.24, 2.45) is 5.92 Å². The van der Waals surface area contributed by atoms with E-state index < -0.39 is 12.0 Å². The molecule has 0 heterocycles. The Bertz CT molecular complexity index is 205. The monoisotopic (exact) mass is 230 g/mol. The Morgan fingerprint density at radius 2 is 1.81 bits per heavy atom. The van der Waals surface area contributed by atoms with Crippen LogP contribution in [0.1, 0.15) is 34.6 Å². The highest BCUT2D eigenvalue weighted by molar-refractivity contribution is 5.73. The normalized spacial score (nSPS) is 13.8. The van der Waals surface area contributed by atoms with E-state index in [-0.39, 0.29) is 0 Å². The SMILES string of the molecule is CCNC(CN(CC(C)C)C(C)C)C(=O)O. The van der Waals surface area contributed by atoms with E-state index in [2.05, 4.69) is 37.9 Å². The first-order chi connectivity index (χ1) is 7.38. The van der Waals surface area contributed by atoms with Gasteiger partial charge in [-0.1, -0.05) is 20.8 Å². The van der Waals surface area contributed by atoms with Gasteiger partial charge in [0.05, 0.1) is 0 Å². The number of hydrogen-bond acceptors (Lipinski definition) is 3. The Hall–Kier alpha value is -0.610. The fraction of sp³-hybridized carbons (Fsp3) is 0.917. The predicted molar refractivity (Wildman–Crippen MR) is 66.6 cm³/mol. The van der Waals surface area contributed by atoms with Gasteiger partial charge in [-0.25, -0.2) is 0 Å². The molecule has 0 bridgehead atoms. The predicted octanol–water partition coefficient (Wildman–Crippen LogP) is 1.42. The zero-order chi connectivity index (χ0) is 12.7. The van der Waals surface area contributed by atoms with Crippen molar-refractivity contribution in [1.29, 1.82) is 0 Å². The van der Waals surface area contributed by atoms with Crippen molar-refractivity contribution in [2.75, 3.05) is 19.6 Å². The van der Waals surface area contributed by atoms with Crippen LogP contribution in [0, 0.1) is 5.92 Å². The van der Waals surface area contributed by atoms with Crippen LogP contribution in [0.5, 0.6) is 0 Å². The quantitative estimate of drug-likeness (QED) is 0.662. The van der Waals surface area contributed by atoms with Gasteiger partial charge < -0.3 is 10.4 Å². The number of carbonyl (C=O) groups is 1. The van der Waals surface area contributed by atoms with E-state index in [0.29, 0.717) is 25.0 Å². The summed E-state index contributed by atoms with van der Waals surface area (Å²) in [4.78, 5) is 13.3. The number of nitrogens with zero attached hydrogens (tertiary/aromatic N) is 1. The van der Waals surface area contributed by atoms with Gasteiger partial charge in [0.2, 0.25) is 0 Å². The van der Waals surface area contributed by atoms with E-state index in [1.807, 2.05) is 6.92 Å². The molecule has 0 aromatic carbocycles. The highest BCUT2D eigenvalue weighted by atomic mass is 16.4. The molecule has 0 spiro atoms. The fourth-order valence-electron chi connectivity index (χ4n) is 1.68. The molecule has 2 N–H and O–H groups in total. The van der Waals surface area contributed by atoms with Crippen LogP contribution in [0.2, 0.25) is 0 Å². The molecule has 96 valence electrons. The summed E-state index contributed by atoms with van der Waals surface area (Å²) in [5.74, 6) is -0.213. The number of likely N-dealkylation sites (N-methyl/N-ethyl adjacent to an activating group) is 1. The maximum Gasteiger partial charge on any atom is 0.322 e. The van der Waals surface area contributed by atoms with Gasteiger partial charge in [-0.3, -0.25) is 9.69 Å². The first-order valence-electron chi connectivity index (χ1n) is 6.08. The topological polar surface area (TPSA) is 52.6 Å². The summed E-state index contributed by atoms with van der Waals surface area (Å²) in [6.07, 6.45) is 0. The van der Waals surface area contributed by atoms with Crippen molar-refractivity contribution >= 4 is 5.97 Å². The highest BCUT2D eigenvalue weighted by Crippen LogP contribution is 2.05. The minimum Gasteiger partial charge on any atom is -0.480 e. The Morgan fingerprint density at radius 1 is 1.25 bits per heavy atom. The molecule has 16 heavy (non-hydrogen) atoms. The van der Waals surface area contributed by atoms with Crippen LogP contribution < -0.4 is 5.32 Å². The van der Waals surface area contributed by atoms with Crippen molar-refractivity contribution < 1.29 is 9.90 Å². The molecule has 0 rings (SSSR count). The Balaban J connectivity index is 4.38. The lowest BCUT2D eigenvalue weighted by atomic mass is 10.1. The Labute approximate surface area is 99.0 Å². The third kappa shape index (κ3) is 6.08. The first-order valence-corrected chi connectivity index (χ1v) is 6.08. The van der Waals surface area contributed by atoms with Gasteiger partial charge in [0.1, 0.15) is 6.04 Å². The molecule has 0 aliphatic rings. The lowest BCUT2D eigenvalue weighted by Gasteiger charge is -2.30. The average molecular weight is 230 g/mol. The molecular weight excluding hydrogens is 204 g/mol. The molecule has 0 aliphatic carbocycles. The molecule has 4 heteroatoms. The summed E-state index contributed by atoms with van der Waals surface area (Å²) in [6, 6.07) is -0.0888. The second-order valence-electron chi connectivity index (χ2n) is 4.89. The standard InChI is InChI=1S/C12H26N2O2/c1-6-13-11(12(15)16)8-14(10(4)5)7-9(2)3/h9-11,13H,6-8H2,1-5H3,(H,15,16). The Kier molecular flexibility index (Phi) is 7.34. The van der Waals surface area contributed by atoms with Crippen LogP contribution in [0.4, 0.5) is 0 Å². The number of aliphatic carboxylic acids is 1. The largest absolute Gasteiger partial charge is 0.480 e. The minimum atomic E-state index is -0.767. The maximum atomic E-state index is 11.0.